The van der Waals surface area contributed by atoms with Crippen LogP contribution in [0.4, 0.5) is 24.5 Å². The van der Waals surface area contributed by atoms with Crippen molar-refractivity contribution in [2.24, 2.45) is 0 Å². The monoisotopic (exact) mass is 370 g/mol. The third-order valence-corrected chi connectivity index (χ3v) is 3.83. The van der Waals surface area contributed by atoms with Crippen LogP contribution >= 0.6 is 11.6 Å². The summed E-state index contributed by atoms with van der Waals surface area (Å²) < 4.78 is 39.0. The van der Waals surface area contributed by atoms with Gasteiger partial charge in [-0.3, -0.25) is 15.2 Å². The number of halogens is 4. The van der Waals surface area contributed by atoms with Gasteiger partial charge in [-0.15, -0.1) is 0 Å². The zero-order valence-electron chi connectivity index (χ0n) is 12.4. The topological polar surface area (TPSA) is 83.9 Å². The van der Waals surface area contributed by atoms with E-state index in [-0.39, 0.29) is 28.5 Å². The molecule has 0 spiro atoms. The summed E-state index contributed by atoms with van der Waals surface area (Å²) in [5.74, 6) is 0. The molecule has 0 aliphatic carbocycles. The smallest absolute Gasteiger partial charge is 0.380 e. The number of rotatable bonds is 4. The maximum absolute atomic E-state index is 13.0. The van der Waals surface area contributed by atoms with E-state index >= 15 is 0 Å². The molecule has 0 aliphatic rings. The molecular formula is C15H10ClF3N4O2. The van der Waals surface area contributed by atoms with E-state index in [0.29, 0.717) is 10.9 Å². The van der Waals surface area contributed by atoms with Crippen molar-refractivity contribution in [2.75, 3.05) is 5.32 Å². The Kier molecular flexibility index (Phi) is 4.25. The first-order valence-electron chi connectivity index (χ1n) is 6.97. The summed E-state index contributed by atoms with van der Waals surface area (Å²) in [6, 6.07) is 6.02. The molecule has 0 saturated carbocycles. The molecule has 1 heterocycles. The van der Waals surface area contributed by atoms with Crippen LogP contribution in [0.1, 0.15) is 11.1 Å². The number of nitrogens with zero attached hydrogens (tertiary/aromatic N) is 2. The molecule has 6 nitrogen and oxygen atoms in total. The second kappa shape index (κ2) is 6.25. The first kappa shape index (κ1) is 17.0. The minimum absolute atomic E-state index is 0.0466. The lowest BCUT2D eigenvalue weighted by atomic mass is 10.1. The van der Waals surface area contributed by atoms with Gasteiger partial charge >= 0.3 is 6.18 Å². The molecule has 2 aromatic carbocycles. The van der Waals surface area contributed by atoms with E-state index in [1.54, 1.807) is 0 Å². The molecule has 0 saturated heterocycles. The number of nitro groups is 1. The van der Waals surface area contributed by atoms with Crippen LogP contribution < -0.4 is 5.32 Å². The predicted octanol–water partition coefficient (Wildman–Crippen LogP) is 4.76. The summed E-state index contributed by atoms with van der Waals surface area (Å²) in [6.45, 7) is -0.0466. The number of nitro benzene ring substituents is 1. The minimum atomic E-state index is -4.53. The van der Waals surface area contributed by atoms with E-state index in [4.69, 9.17) is 11.6 Å². The maximum atomic E-state index is 13.0. The zero-order valence-corrected chi connectivity index (χ0v) is 13.1. The molecule has 2 N–H and O–H groups in total. The molecule has 130 valence electrons. The van der Waals surface area contributed by atoms with E-state index < -0.39 is 16.7 Å². The largest absolute Gasteiger partial charge is 0.416 e. The maximum Gasteiger partial charge on any atom is 0.416 e. The van der Waals surface area contributed by atoms with Crippen molar-refractivity contribution in [1.82, 2.24) is 10.2 Å². The van der Waals surface area contributed by atoms with Gasteiger partial charge < -0.3 is 5.32 Å². The Morgan fingerprint density at radius 1 is 1.28 bits per heavy atom. The van der Waals surface area contributed by atoms with E-state index in [0.717, 1.165) is 12.1 Å². The second-order valence-electron chi connectivity index (χ2n) is 5.24. The number of H-pyrrole nitrogens is 1. The number of aromatic amines is 1. The van der Waals surface area contributed by atoms with Gasteiger partial charge in [0.1, 0.15) is 0 Å². The Balaban J connectivity index is 1.96. The van der Waals surface area contributed by atoms with Crippen molar-refractivity contribution in [3.8, 4) is 0 Å². The average Bonchev–Trinajstić information content (AvgIpc) is 3.01. The molecule has 10 heteroatoms. The number of benzene rings is 2. The number of hydrogen-bond acceptors (Lipinski definition) is 4. The first-order valence-corrected chi connectivity index (χ1v) is 7.34. The van der Waals surface area contributed by atoms with Crippen LogP contribution in [0.25, 0.3) is 10.9 Å². The van der Waals surface area contributed by atoms with Gasteiger partial charge in [-0.1, -0.05) is 11.6 Å². The average molecular weight is 371 g/mol. The number of aromatic nitrogens is 2. The van der Waals surface area contributed by atoms with E-state index in [1.165, 1.54) is 24.4 Å². The Morgan fingerprint density at radius 2 is 2.04 bits per heavy atom. The summed E-state index contributed by atoms with van der Waals surface area (Å²) in [5, 5.41) is 20.8. The summed E-state index contributed by atoms with van der Waals surface area (Å²) in [7, 11) is 0. The van der Waals surface area contributed by atoms with Crippen molar-refractivity contribution in [3.05, 3.63) is 62.8 Å². The Morgan fingerprint density at radius 3 is 2.72 bits per heavy atom. The number of anilines is 1. The molecule has 0 fully saturated rings. The van der Waals surface area contributed by atoms with Crippen LogP contribution in [0.15, 0.2) is 36.5 Å². The third-order valence-electron chi connectivity index (χ3n) is 3.60. The van der Waals surface area contributed by atoms with Crippen LogP contribution in [0.3, 0.4) is 0 Å². The SMILES string of the molecule is O=[N+]([O-])c1cc(Cl)ccc1CNc1cc(C(F)(F)F)cc2[nH]ncc12. The van der Waals surface area contributed by atoms with Gasteiger partial charge in [0.25, 0.3) is 5.69 Å². The molecule has 3 aromatic rings. The summed E-state index contributed by atoms with van der Waals surface area (Å²) >= 11 is 5.75. The molecule has 0 bridgehead atoms. The zero-order chi connectivity index (χ0) is 18.2. The number of alkyl halides is 3. The van der Waals surface area contributed by atoms with Crippen molar-refractivity contribution >= 4 is 33.9 Å². The first-order chi connectivity index (χ1) is 11.8. The highest BCUT2D eigenvalue weighted by atomic mass is 35.5. The fourth-order valence-corrected chi connectivity index (χ4v) is 2.57. The van der Waals surface area contributed by atoms with Crippen LogP contribution in [0.2, 0.25) is 5.02 Å². The lowest BCUT2D eigenvalue weighted by molar-refractivity contribution is -0.385. The second-order valence-corrected chi connectivity index (χ2v) is 5.67. The third kappa shape index (κ3) is 3.50. The van der Waals surface area contributed by atoms with Gasteiger partial charge in [-0.25, -0.2) is 0 Å². The predicted molar refractivity (Wildman–Crippen MR) is 86.5 cm³/mol. The quantitative estimate of drug-likeness (QED) is 0.512. The lowest BCUT2D eigenvalue weighted by Crippen LogP contribution is -2.08. The lowest BCUT2D eigenvalue weighted by Gasteiger charge is -2.12. The standard InChI is InChI=1S/C15H10ClF3N4O2/c16-10-2-1-8(14(5-10)23(24)25)6-20-12-3-9(15(17,18)19)4-13-11(12)7-21-22-13/h1-5,7,20H,6H2,(H,21,22). The highest BCUT2D eigenvalue weighted by Crippen LogP contribution is 2.35. The van der Waals surface area contributed by atoms with Crippen molar-refractivity contribution < 1.29 is 18.1 Å². The molecular weight excluding hydrogens is 361 g/mol. The Labute approximate surface area is 143 Å². The van der Waals surface area contributed by atoms with Gasteiger partial charge in [0.2, 0.25) is 0 Å². The molecule has 0 radical (unpaired) electrons. The summed E-state index contributed by atoms with van der Waals surface area (Å²) in [5.41, 5.74) is -0.387. The normalized spacial score (nSPS) is 11.7. The fraction of sp³-hybridized carbons (Fsp3) is 0.133. The molecule has 25 heavy (non-hydrogen) atoms. The van der Waals surface area contributed by atoms with E-state index in [1.807, 2.05) is 0 Å². The van der Waals surface area contributed by atoms with Crippen molar-refractivity contribution in [1.29, 1.82) is 0 Å². The van der Waals surface area contributed by atoms with Gasteiger partial charge in [-0.2, -0.15) is 18.3 Å². The van der Waals surface area contributed by atoms with Crippen LogP contribution in [-0.4, -0.2) is 15.1 Å². The Bertz CT molecular complexity index is 956. The highest BCUT2D eigenvalue weighted by molar-refractivity contribution is 6.30. The number of fused-ring (bicyclic) bond motifs is 1. The molecule has 0 atom stereocenters. The molecule has 1 aromatic heterocycles. The number of nitrogens with one attached hydrogen (secondary N) is 2. The van der Waals surface area contributed by atoms with E-state index in [2.05, 4.69) is 15.5 Å². The van der Waals surface area contributed by atoms with Gasteiger partial charge in [0.05, 0.1) is 22.2 Å². The van der Waals surface area contributed by atoms with Crippen LogP contribution in [0, 0.1) is 10.1 Å². The minimum Gasteiger partial charge on any atom is -0.380 e. The van der Waals surface area contributed by atoms with E-state index in [9.17, 15) is 23.3 Å². The summed E-state index contributed by atoms with van der Waals surface area (Å²) in [4.78, 5) is 10.5. The van der Waals surface area contributed by atoms with Gasteiger partial charge in [-0.05, 0) is 24.3 Å². The Hall–Kier alpha value is -2.81. The molecule has 0 unspecified atom stereocenters. The summed E-state index contributed by atoms with van der Waals surface area (Å²) in [6.07, 6.45) is -3.14. The molecule has 0 amide bonds. The van der Waals surface area contributed by atoms with Gasteiger partial charge in [0.15, 0.2) is 0 Å². The van der Waals surface area contributed by atoms with Gasteiger partial charge in [0, 0.05) is 34.3 Å². The highest BCUT2D eigenvalue weighted by Gasteiger charge is 2.31. The fourth-order valence-electron chi connectivity index (χ4n) is 2.41. The van der Waals surface area contributed by atoms with Crippen LogP contribution in [0.5, 0.6) is 0 Å². The van der Waals surface area contributed by atoms with Crippen molar-refractivity contribution in [3.63, 3.8) is 0 Å². The van der Waals surface area contributed by atoms with Crippen molar-refractivity contribution in [2.45, 2.75) is 12.7 Å². The van der Waals surface area contributed by atoms with Crippen LogP contribution in [-0.2, 0) is 12.7 Å². The number of hydrogen-bond donors (Lipinski definition) is 2. The molecule has 3 rings (SSSR count). The molecule has 0 aliphatic heterocycles.